The largest absolute Gasteiger partial charge is 0.355 e. The summed E-state index contributed by atoms with van der Waals surface area (Å²) in [6.07, 6.45) is 1.93. The zero-order valence-corrected chi connectivity index (χ0v) is 18.9. The molecule has 3 aromatic rings. The number of rotatable bonds is 6. The first kappa shape index (κ1) is 21.6. The van der Waals surface area contributed by atoms with E-state index in [2.05, 4.69) is 34.2 Å². The molecule has 0 bridgehead atoms. The van der Waals surface area contributed by atoms with Gasteiger partial charge < -0.3 is 14.7 Å². The summed E-state index contributed by atoms with van der Waals surface area (Å²) in [6, 6.07) is 7.49. The molecule has 1 fully saturated rings. The van der Waals surface area contributed by atoms with Gasteiger partial charge in [-0.15, -0.1) is 0 Å². The molecule has 1 aliphatic heterocycles. The van der Waals surface area contributed by atoms with Crippen LogP contribution in [0.1, 0.15) is 43.8 Å². The number of carbonyl (C=O) groups is 1. The summed E-state index contributed by atoms with van der Waals surface area (Å²) in [5, 5.41) is 8.53. The van der Waals surface area contributed by atoms with Crippen molar-refractivity contribution in [2.45, 2.75) is 46.6 Å². The van der Waals surface area contributed by atoms with E-state index in [1.54, 1.807) is 0 Å². The summed E-state index contributed by atoms with van der Waals surface area (Å²) in [5.41, 5.74) is 2.17. The van der Waals surface area contributed by atoms with Gasteiger partial charge in [0.25, 0.3) is 5.71 Å². The lowest BCUT2D eigenvalue weighted by Gasteiger charge is -2.36. The van der Waals surface area contributed by atoms with E-state index in [0.717, 1.165) is 35.6 Å². The van der Waals surface area contributed by atoms with Crippen LogP contribution >= 0.6 is 11.6 Å². The fourth-order valence-corrected chi connectivity index (χ4v) is 4.54. The van der Waals surface area contributed by atoms with Gasteiger partial charge in [0.05, 0.1) is 5.69 Å². The fourth-order valence-electron chi connectivity index (χ4n) is 4.34. The highest BCUT2D eigenvalue weighted by Crippen LogP contribution is 2.32. The Morgan fingerprint density at radius 1 is 1.23 bits per heavy atom. The van der Waals surface area contributed by atoms with Gasteiger partial charge in [0.1, 0.15) is 17.0 Å². The molecule has 2 aromatic heterocycles. The molecule has 1 saturated heterocycles. The van der Waals surface area contributed by atoms with Crippen molar-refractivity contribution in [1.82, 2.24) is 20.4 Å². The molecule has 8 heteroatoms. The summed E-state index contributed by atoms with van der Waals surface area (Å²) >= 11 is 6.16. The van der Waals surface area contributed by atoms with Crippen molar-refractivity contribution in [3.63, 3.8) is 0 Å². The number of nitrogens with one attached hydrogen (secondary N) is 1. The number of carbonyl (C=O) groups excluding carboxylic acids is 1. The molecule has 31 heavy (non-hydrogen) atoms. The number of benzene rings is 1. The average Bonchev–Trinajstić information content (AvgIpc) is 3.11. The van der Waals surface area contributed by atoms with E-state index < -0.39 is 0 Å². The highest BCUT2D eigenvalue weighted by atomic mass is 35.5. The van der Waals surface area contributed by atoms with Gasteiger partial charge in [0.2, 0.25) is 5.91 Å². The quantitative estimate of drug-likeness (QED) is 0.613. The lowest BCUT2D eigenvalue weighted by Crippen LogP contribution is -2.39. The first-order valence-corrected chi connectivity index (χ1v) is 11.2. The van der Waals surface area contributed by atoms with Crippen molar-refractivity contribution in [2.24, 2.45) is 11.8 Å². The lowest BCUT2D eigenvalue weighted by molar-refractivity contribution is -0.121. The minimum absolute atomic E-state index is 0.0702. The Kier molecular flexibility index (Phi) is 6.41. The zero-order chi connectivity index (χ0) is 22.0. The molecule has 4 rings (SSSR count). The first-order valence-electron chi connectivity index (χ1n) is 10.8. The van der Waals surface area contributed by atoms with Gasteiger partial charge in [-0.2, -0.15) is 4.98 Å². The van der Waals surface area contributed by atoms with Crippen molar-refractivity contribution < 1.29 is 9.32 Å². The molecule has 164 valence electrons. The summed E-state index contributed by atoms with van der Waals surface area (Å²) < 4.78 is 5.46. The summed E-state index contributed by atoms with van der Waals surface area (Å²) in [5.74, 6) is 2.58. The second-order valence-corrected chi connectivity index (χ2v) is 9.04. The normalized spacial score (nSPS) is 19.0. The maximum Gasteiger partial charge on any atom is 0.263 e. The molecule has 1 aliphatic rings. The average molecular weight is 442 g/mol. The molecule has 0 spiro atoms. The molecule has 0 radical (unpaired) electrons. The highest BCUT2D eigenvalue weighted by Gasteiger charge is 2.27. The number of nitrogens with zero attached hydrogens (tertiary/aromatic N) is 4. The van der Waals surface area contributed by atoms with Gasteiger partial charge in [-0.3, -0.25) is 4.79 Å². The number of amides is 1. The molecule has 3 heterocycles. The minimum Gasteiger partial charge on any atom is -0.355 e. The Bertz CT molecular complexity index is 1070. The molecule has 1 amide bonds. The van der Waals surface area contributed by atoms with Crippen LogP contribution in [0.15, 0.2) is 28.8 Å². The number of hydrogen-bond acceptors (Lipinski definition) is 6. The van der Waals surface area contributed by atoms with Gasteiger partial charge in [-0.1, -0.05) is 48.8 Å². The van der Waals surface area contributed by atoms with Gasteiger partial charge in [0, 0.05) is 37.5 Å². The van der Waals surface area contributed by atoms with E-state index >= 15 is 0 Å². The van der Waals surface area contributed by atoms with Crippen LogP contribution in [0.4, 0.5) is 5.82 Å². The van der Waals surface area contributed by atoms with Crippen molar-refractivity contribution in [3.05, 3.63) is 46.4 Å². The number of fused-ring (bicyclic) bond motifs is 1. The van der Waals surface area contributed by atoms with E-state index in [4.69, 9.17) is 21.1 Å². The van der Waals surface area contributed by atoms with Crippen LogP contribution in [0.5, 0.6) is 0 Å². The van der Waals surface area contributed by atoms with Crippen LogP contribution in [0.2, 0.25) is 5.02 Å². The highest BCUT2D eigenvalue weighted by molar-refractivity contribution is 6.31. The molecular formula is C23H28ClN5O2. The van der Waals surface area contributed by atoms with Crippen molar-refractivity contribution >= 4 is 34.4 Å². The van der Waals surface area contributed by atoms with Crippen LogP contribution in [0.3, 0.4) is 0 Å². The zero-order valence-electron chi connectivity index (χ0n) is 18.2. The minimum atomic E-state index is -0.0702. The molecule has 0 unspecified atom stereocenters. The maximum absolute atomic E-state index is 12.4. The molecule has 7 nitrogen and oxygen atoms in total. The molecular weight excluding hydrogens is 414 g/mol. The number of hydrogen-bond donors (Lipinski definition) is 1. The van der Waals surface area contributed by atoms with Gasteiger partial charge in [0.15, 0.2) is 0 Å². The number of aryl methyl sites for hydroxylation is 2. The Labute approximate surface area is 187 Å². The van der Waals surface area contributed by atoms with E-state index in [1.165, 1.54) is 6.42 Å². The Hall–Kier alpha value is -2.67. The summed E-state index contributed by atoms with van der Waals surface area (Å²) in [7, 11) is 0. The van der Waals surface area contributed by atoms with Crippen molar-refractivity contribution in [2.75, 3.05) is 18.0 Å². The maximum atomic E-state index is 12.4. The number of piperidine rings is 1. The molecule has 1 aromatic carbocycles. The van der Waals surface area contributed by atoms with E-state index in [1.807, 2.05) is 31.2 Å². The van der Waals surface area contributed by atoms with E-state index in [9.17, 15) is 4.79 Å². The predicted octanol–water partition coefficient (Wildman–Crippen LogP) is 4.31. The Balaban J connectivity index is 1.48. The van der Waals surface area contributed by atoms with Gasteiger partial charge >= 0.3 is 0 Å². The van der Waals surface area contributed by atoms with Gasteiger partial charge in [-0.25, -0.2) is 4.98 Å². The van der Waals surface area contributed by atoms with Crippen LogP contribution in [-0.4, -0.2) is 34.1 Å². The monoisotopic (exact) mass is 441 g/mol. The standard InChI is InChI=1S/C23H28ClN5O2/c1-14-10-15(2)13-29(12-14)22-21-16(3)28-31-23(21)27-19(26-22)8-9-20(30)25-11-17-6-4-5-7-18(17)24/h4-7,14-15H,8-13H2,1-3H3,(H,25,30)/t14-,15+. The van der Waals surface area contributed by atoms with Crippen LogP contribution in [0, 0.1) is 18.8 Å². The lowest BCUT2D eigenvalue weighted by atomic mass is 9.92. The Morgan fingerprint density at radius 3 is 2.71 bits per heavy atom. The predicted molar refractivity (Wildman–Crippen MR) is 121 cm³/mol. The third-order valence-corrected chi connectivity index (χ3v) is 6.08. The second kappa shape index (κ2) is 9.22. The number of aromatic nitrogens is 3. The van der Waals surface area contributed by atoms with Crippen LogP contribution < -0.4 is 10.2 Å². The second-order valence-electron chi connectivity index (χ2n) is 8.63. The third-order valence-electron chi connectivity index (χ3n) is 5.71. The van der Waals surface area contributed by atoms with Crippen molar-refractivity contribution in [3.8, 4) is 0 Å². The van der Waals surface area contributed by atoms with E-state index in [0.29, 0.717) is 41.4 Å². The number of anilines is 1. The molecule has 0 saturated carbocycles. The van der Waals surface area contributed by atoms with Crippen molar-refractivity contribution in [1.29, 1.82) is 0 Å². The van der Waals surface area contributed by atoms with E-state index in [-0.39, 0.29) is 12.3 Å². The Morgan fingerprint density at radius 2 is 1.97 bits per heavy atom. The fraction of sp³-hybridized carbons (Fsp3) is 0.478. The van der Waals surface area contributed by atoms with Crippen LogP contribution in [-0.2, 0) is 17.8 Å². The topological polar surface area (TPSA) is 84.1 Å². The molecule has 0 aliphatic carbocycles. The smallest absolute Gasteiger partial charge is 0.263 e. The molecule has 2 atom stereocenters. The summed E-state index contributed by atoms with van der Waals surface area (Å²) in [4.78, 5) is 24.1. The van der Waals surface area contributed by atoms with Gasteiger partial charge in [-0.05, 0) is 36.8 Å². The van der Waals surface area contributed by atoms with Crippen LogP contribution in [0.25, 0.3) is 11.1 Å². The first-order chi connectivity index (χ1) is 14.9. The SMILES string of the molecule is Cc1noc2nc(CCC(=O)NCc3ccccc3Cl)nc(N3C[C@H](C)C[C@H](C)C3)c12. The number of halogens is 1. The summed E-state index contributed by atoms with van der Waals surface area (Å²) in [6.45, 7) is 8.74. The molecule has 1 N–H and O–H groups in total. The third kappa shape index (κ3) is 4.98.